The van der Waals surface area contributed by atoms with Gasteiger partial charge in [-0.15, -0.1) is 5.10 Å². The summed E-state index contributed by atoms with van der Waals surface area (Å²) in [6, 6.07) is 17.2. The molecule has 4 heterocycles. The van der Waals surface area contributed by atoms with E-state index in [4.69, 9.17) is 14.5 Å². The van der Waals surface area contributed by atoms with Crippen LogP contribution in [0.3, 0.4) is 0 Å². The largest absolute Gasteiger partial charge is 0.460 e. The predicted octanol–water partition coefficient (Wildman–Crippen LogP) is 9.52. The molecular formula is C39H44F4N4O3. The molecule has 0 aliphatic carbocycles. The number of hydrogen-bond donors (Lipinski definition) is 0. The van der Waals surface area contributed by atoms with Gasteiger partial charge in [0.25, 0.3) is 0 Å². The molecule has 0 amide bonds. The number of anilines is 1. The number of alkyl halides is 3. The topological polar surface area (TPSA) is 69.5 Å². The van der Waals surface area contributed by atoms with Crippen LogP contribution in [-0.2, 0) is 14.3 Å². The highest BCUT2D eigenvalue weighted by Crippen LogP contribution is 2.41. The molecule has 4 aromatic rings. The minimum atomic E-state index is -4.50. The maximum absolute atomic E-state index is 15.4. The van der Waals surface area contributed by atoms with E-state index < -0.39 is 30.4 Å². The fourth-order valence-corrected chi connectivity index (χ4v) is 7.01. The van der Waals surface area contributed by atoms with E-state index in [9.17, 15) is 18.0 Å². The highest BCUT2D eigenvalue weighted by molar-refractivity contribution is 6.00. The SMILES string of the molecule is CC(C)(C)OC(=O)CCC[C@H]1CCN(c2ccc(/C(=C(/CC(F)(F)F)c3ccccc3)c3ccc4c(c3)c(F)nn4C3CCCCO3)cn2)C1. The van der Waals surface area contributed by atoms with Crippen LogP contribution in [0.4, 0.5) is 23.4 Å². The van der Waals surface area contributed by atoms with E-state index in [1.165, 1.54) is 0 Å². The molecule has 0 spiro atoms. The monoisotopic (exact) mass is 692 g/mol. The Labute approximate surface area is 290 Å². The highest BCUT2D eigenvalue weighted by Gasteiger charge is 2.32. The molecule has 2 atom stereocenters. The molecule has 50 heavy (non-hydrogen) atoms. The van der Waals surface area contributed by atoms with Crippen LogP contribution in [0.1, 0.15) is 95.1 Å². The van der Waals surface area contributed by atoms with Crippen molar-refractivity contribution >= 4 is 33.8 Å². The number of pyridine rings is 1. The van der Waals surface area contributed by atoms with Gasteiger partial charge < -0.3 is 14.4 Å². The van der Waals surface area contributed by atoms with Crippen molar-refractivity contribution in [2.75, 3.05) is 24.6 Å². The number of esters is 1. The molecular weight excluding hydrogens is 648 g/mol. The molecule has 11 heteroatoms. The minimum Gasteiger partial charge on any atom is -0.460 e. The molecule has 2 aliphatic rings. The minimum absolute atomic E-state index is 0.0710. The van der Waals surface area contributed by atoms with Crippen LogP contribution in [0.15, 0.2) is 66.9 Å². The van der Waals surface area contributed by atoms with Gasteiger partial charge in [0.2, 0.25) is 5.95 Å². The van der Waals surface area contributed by atoms with E-state index in [2.05, 4.69) is 10.00 Å². The smallest absolute Gasteiger partial charge is 0.393 e. The van der Waals surface area contributed by atoms with E-state index in [1.54, 1.807) is 65.5 Å². The van der Waals surface area contributed by atoms with Gasteiger partial charge in [-0.2, -0.15) is 17.6 Å². The number of nitrogens with zero attached hydrogens (tertiary/aromatic N) is 4. The third-order valence-electron chi connectivity index (χ3n) is 9.24. The number of hydrogen-bond acceptors (Lipinski definition) is 6. The summed E-state index contributed by atoms with van der Waals surface area (Å²) < 4.78 is 71.0. The molecule has 7 nitrogen and oxygen atoms in total. The molecule has 2 saturated heterocycles. The van der Waals surface area contributed by atoms with E-state index in [0.29, 0.717) is 53.1 Å². The van der Waals surface area contributed by atoms with Crippen molar-refractivity contribution in [3.63, 3.8) is 0 Å². The van der Waals surface area contributed by atoms with Gasteiger partial charge in [-0.3, -0.25) is 4.79 Å². The van der Waals surface area contributed by atoms with Crippen LogP contribution in [0.5, 0.6) is 0 Å². The molecule has 2 aromatic carbocycles. The van der Waals surface area contributed by atoms with Gasteiger partial charge in [0.1, 0.15) is 11.4 Å². The average molecular weight is 693 g/mol. The van der Waals surface area contributed by atoms with Gasteiger partial charge in [-0.05, 0) is 112 Å². The van der Waals surface area contributed by atoms with Gasteiger partial charge in [-0.25, -0.2) is 9.67 Å². The molecule has 2 aromatic heterocycles. The zero-order valence-corrected chi connectivity index (χ0v) is 28.8. The Morgan fingerprint density at radius 2 is 1.76 bits per heavy atom. The van der Waals surface area contributed by atoms with Gasteiger partial charge in [-0.1, -0.05) is 36.4 Å². The second kappa shape index (κ2) is 14.9. The number of allylic oxidation sites excluding steroid dienone is 1. The first-order valence-electron chi connectivity index (χ1n) is 17.4. The van der Waals surface area contributed by atoms with Crippen LogP contribution in [0, 0.1) is 11.9 Å². The Bertz CT molecular complexity index is 1810. The molecule has 1 unspecified atom stereocenters. The third kappa shape index (κ3) is 8.72. The first-order chi connectivity index (χ1) is 23.8. The fourth-order valence-electron chi connectivity index (χ4n) is 7.01. The summed E-state index contributed by atoms with van der Waals surface area (Å²) in [6.45, 7) is 7.70. The number of ether oxygens (including phenoxy) is 2. The summed E-state index contributed by atoms with van der Waals surface area (Å²) in [5.74, 6) is 0.237. The van der Waals surface area contributed by atoms with Crippen LogP contribution in [0.25, 0.3) is 22.0 Å². The fraction of sp³-hybridized carbons (Fsp3) is 0.462. The standard InChI is InChI=1S/C39H44F4N4O3/c1-38(2,3)50-35(48)14-9-10-26-19-20-46(25-26)33-18-16-29(24-44-33)36(31(23-39(41,42)43)27-11-5-4-6-12-27)28-15-17-32-30(22-28)37(40)45-47(32)34-13-7-8-21-49-34/h4-6,11-12,15-18,22,24,26,34H,7-10,13-14,19-21,23,25H2,1-3H3/b36-31-/t26-,34?/m0/s1. The van der Waals surface area contributed by atoms with Gasteiger partial charge >= 0.3 is 12.1 Å². The van der Waals surface area contributed by atoms with Gasteiger partial charge in [0.15, 0.2) is 6.23 Å². The maximum Gasteiger partial charge on any atom is 0.393 e. The zero-order valence-electron chi connectivity index (χ0n) is 28.8. The quantitative estimate of drug-likeness (QED) is 0.0937. The number of rotatable bonds is 10. The summed E-state index contributed by atoms with van der Waals surface area (Å²) in [5, 5.41) is 4.36. The molecule has 2 aliphatic heterocycles. The van der Waals surface area contributed by atoms with Crippen molar-refractivity contribution in [3.8, 4) is 0 Å². The first kappa shape index (κ1) is 35.6. The average Bonchev–Trinajstić information content (AvgIpc) is 3.68. The van der Waals surface area contributed by atoms with Crippen LogP contribution >= 0.6 is 0 Å². The summed E-state index contributed by atoms with van der Waals surface area (Å²) in [4.78, 5) is 19.0. The van der Waals surface area contributed by atoms with Crippen molar-refractivity contribution in [3.05, 3.63) is 89.5 Å². The van der Waals surface area contributed by atoms with Crippen molar-refractivity contribution in [1.82, 2.24) is 14.8 Å². The summed E-state index contributed by atoms with van der Waals surface area (Å²) in [6.07, 6.45) is 1.07. The zero-order chi connectivity index (χ0) is 35.5. The van der Waals surface area contributed by atoms with Gasteiger partial charge in [0.05, 0.1) is 17.3 Å². The number of aromatic nitrogens is 3. The second-order valence-corrected chi connectivity index (χ2v) is 14.3. The number of fused-ring (bicyclic) bond motifs is 1. The number of carbonyl (C=O) groups excluding carboxylic acids is 1. The maximum atomic E-state index is 15.4. The summed E-state index contributed by atoms with van der Waals surface area (Å²) in [7, 11) is 0. The van der Waals surface area contributed by atoms with Crippen LogP contribution in [0.2, 0.25) is 0 Å². The first-order valence-corrected chi connectivity index (χ1v) is 17.4. The molecule has 0 saturated carbocycles. The molecule has 266 valence electrons. The lowest BCUT2D eigenvalue weighted by Crippen LogP contribution is -2.24. The van der Waals surface area contributed by atoms with E-state index >= 15 is 4.39 Å². The van der Waals surface area contributed by atoms with Crippen molar-refractivity contribution in [1.29, 1.82) is 0 Å². The van der Waals surface area contributed by atoms with Crippen LogP contribution in [-0.4, -0.2) is 52.2 Å². The Morgan fingerprint density at radius 3 is 2.44 bits per heavy atom. The Kier molecular flexibility index (Phi) is 10.6. The van der Waals surface area contributed by atoms with Gasteiger partial charge in [0, 0.05) is 37.9 Å². The van der Waals surface area contributed by atoms with E-state index in [0.717, 1.165) is 51.0 Å². The van der Waals surface area contributed by atoms with Crippen molar-refractivity contribution in [2.45, 2.75) is 90.1 Å². The Balaban J connectivity index is 1.31. The lowest BCUT2D eigenvalue weighted by molar-refractivity contribution is -0.155. The lowest BCUT2D eigenvalue weighted by Gasteiger charge is -2.23. The molecule has 0 bridgehead atoms. The summed E-state index contributed by atoms with van der Waals surface area (Å²) in [5.41, 5.74) is 1.77. The number of benzene rings is 2. The lowest BCUT2D eigenvalue weighted by atomic mass is 9.88. The Hall–Kier alpha value is -4.25. The number of carbonyl (C=O) groups is 1. The van der Waals surface area contributed by atoms with E-state index in [-0.39, 0.29) is 16.9 Å². The normalized spacial score (nSPS) is 19.1. The number of halogens is 4. The summed E-state index contributed by atoms with van der Waals surface area (Å²) >= 11 is 0. The molecule has 2 fully saturated rings. The second-order valence-electron chi connectivity index (χ2n) is 14.3. The molecule has 0 N–H and O–H groups in total. The highest BCUT2D eigenvalue weighted by atomic mass is 19.4. The molecule has 6 rings (SSSR count). The van der Waals surface area contributed by atoms with Crippen molar-refractivity contribution in [2.24, 2.45) is 5.92 Å². The third-order valence-corrected chi connectivity index (χ3v) is 9.24. The van der Waals surface area contributed by atoms with E-state index in [1.807, 2.05) is 26.8 Å². The predicted molar refractivity (Wildman–Crippen MR) is 186 cm³/mol. The Morgan fingerprint density at radius 1 is 0.980 bits per heavy atom. The van der Waals surface area contributed by atoms with Crippen LogP contribution < -0.4 is 4.90 Å². The molecule has 0 radical (unpaired) electrons. The van der Waals surface area contributed by atoms with Crippen molar-refractivity contribution < 1.29 is 31.8 Å².